The molecular weight excluding hydrogens is 218 g/mol. The second-order valence-electron chi connectivity index (χ2n) is 3.91. The van der Waals surface area contributed by atoms with Crippen molar-refractivity contribution in [2.75, 3.05) is 27.3 Å². The molecule has 0 saturated heterocycles. The number of hydrogen-bond acceptors (Lipinski definition) is 5. The third kappa shape index (κ3) is 2.43. The van der Waals surface area contributed by atoms with Crippen molar-refractivity contribution in [3.8, 4) is 11.5 Å². The first kappa shape index (κ1) is 11.6. The molecule has 17 heavy (non-hydrogen) atoms. The number of benzene rings is 1. The summed E-state index contributed by atoms with van der Waals surface area (Å²) < 4.78 is 10.6. The highest BCUT2D eigenvalue weighted by Gasteiger charge is 2.19. The zero-order chi connectivity index (χ0) is 12.3. The van der Waals surface area contributed by atoms with E-state index in [1.807, 2.05) is 18.2 Å². The molecule has 0 aromatic heterocycles. The average molecular weight is 235 g/mol. The maximum atomic E-state index is 5.58. The third-order valence-electron chi connectivity index (χ3n) is 2.89. The number of nitrogens with zero attached hydrogens (tertiary/aromatic N) is 1. The summed E-state index contributed by atoms with van der Waals surface area (Å²) in [5.41, 5.74) is 6.70. The SMILES string of the molecule is COc1ccc(C2CN=C(N)NC2)c(OC)c1. The topological polar surface area (TPSA) is 68.9 Å². The van der Waals surface area contributed by atoms with Gasteiger partial charge in [0.05, 0.1) is 20.8 Å². The number of nitrogens with one attached hydrogen (secondary N) is 1. The molecular formula is C12H17N3O2. The van der Waals surface area contributed by atoms with Crippen LogP contribution in [0.2, 0.25) is 0 Å². The van der Waals surface area contributed by atoms with Gasteiger partial charge in [0.2, 0.25) is 0 Å². The largest absolute Gasteiger partial charge is 0.497 e. The lowest BCUT2D eigenvalue weighted by atomic mass is 9.97. The number of hydrogen-bond donors (Lipinski definition) is 2. The van der Waals surface area contributed by atoms with Crippen molar-refractivity contribution >= 4 is 5.96 Å². The van der Waals surface area contributed by atoms with E-state index in [9.17, 15) is 0 Å². The van der Waals surface area contributed by atoms with Gasteiger partial charge in [0.25, 0.3) is 0 Å². The van der Waals surface area contributed by atoms with Crippen LogP contribution in [0, 0.1) is 0 Å². The van der Waals surface area contributed by atoms with Gasteiger partial charge >= 0.3 is 0 Å². The summed E-state index contributed by atoms with van der Waals surface area (Å²) in [5.74, 6) is 2.40. The van der Waals surface area contributed by atoms with Gasteiger partial charge in [-0.2, -0.15) is 0 Å². The predicted octanol–water partition coefficient (Wildman–Crippen LogP) is 0.705. The molecule has 5 nitrogen and oxygen atoms in total. The van der Waals surface area contributed by atoms with Crippen LogP contribution in [-0.2, 0) is 0 Å². The summed E-state index contributed by atoms with van der Waals surface area (Å²) in [5, 5.41) is 3.05. The average Bonchev–Trinajstić information content (AvgIpc) is 2.39. The minimum absolute atomic E-state index is 0.281. The van der Waals surface area contributed by atoms with E-state index in [0.29, 0.717) is 12.5 Å². The quantitative estimate of drug-likeness (QED) is 0.809. The summed E-state index contributed by atoms with van der Waals surface area (Å²) >= 11 is 0. The van der Waals surface area contributed by atoms with Crippen molar-refractivity contribution < 1.29 is 9.47 Å². The van der Waals surface area contributed by atoms with E-state index in [2.05, 4.69) is 10.3 Å². The molecule has 1 aromatic carbocycles. The van der Waals surface area contributed by atoms with E-state index < -0.39 is 0 Å². The van der Waals surface area contributed by atoms with Crippen molar-refractivity contribution in [1.29, 1.82) is 0 Å². The van der Waals surface area contributed by atoms with E-state index >= 15 is 0 Å². The fourth-order valence-electron chi connectivity index (χ4n) is 1.92. The molecule has 5 heteroatoms. The minimum Gasteiger partial charge on any atom is -0.497 e. The Morgan fingerprint density at radius 3 is 2.76 bits per heavy atom. The molecule has 1 aliphatic rings. The fourth-order valence-corrected chi connectivity index (χ4v) is 1.92. The first-order valence-electron chi connectivity index (χ1n) is 5.50. The van der Waals surface area contributed by atoms with Crippen molar-refractivity contribution in [2.45, 2.75) is 5.92 Å². The van der Waals surface area contributed by atoms with Crippen molar-refractivity contribution in [1.82, 2.24) is 5.32 Å². The Labute approximate surface area is 101 Å². The second-order valence-corrected chi connectivity index (χ2v) is 3.91. The number of aliphatic imine (C=N–C) groups is 1. The van der Waals surface area contributed by atoms with Crippen LogP contribution in [-0.4, -0.2) is 33.3 Å². The molecule has 0 radical (unpaired) electrons. The monoisotopic (exact) mass is 235 g/mol. The normalized spacial score (nSPS) is 19.2. The van der Waals surface area contributed by atoms with Gasteiger partial charge in [-0.15, -0.1) is 0 Å². The highest BCUT2D eigenvalue weighted by molar-refractivity contribution is 5.78. The van der Waals surface area contributed by atoms with E-state index in [1.165, 1.54) is 0 Å². The van der Waals surface area contributed by atoms with Gasteiger partial charge in [0, 0.05) is 24.1 Å². The van der Waals surface area contributed by atoms with Crippen molar-refractivity contribution in [3.63, 3.8) is 0 Å². The summed E-state index contributed by atoms with van der Waals surface area (Å²) in [4.78, 5) is 4.20. The zero-order valence-electron chi connectivity index (χ0n) is 10.1. The van der Waals surface area contributed by atoms with Crippen LogP contribution in [0.25, 0.3) is 0 Å². The molecule has 0 aliphatic carbocycles. The fraction of sp³-hybridized carbons (Fsp3) is 0.417. The summed E-state index contributed by atoms with van der Waals surface area (Å²) in [7, 11) is 3.30. The molecule has 92 valence electrons. The summed E-state index contributed by atoms with van der Waals surface area (Å²) in [6, 6.07) is 5.83. The van der Waals surface area contributed by atoms with Gasteiger partial charge in [0.15, 0.2) is 5.96 Å². The number of methoxy groups -OCH3 is 2. The molecule has 0 spiro atoms. The molecule has 0 bridgehead atoms. The first-order valence-corrected chi connectivity index (χ1v) is 5.50. The standard InChI is InChI=1S/C12H17N3O2/c1-16-9-3-4-10(11(5-9)17-2)8-6-14-12(13)15-7-8/h3-5,8H,6-7H2,1-2H3,(H3,13,14,15). The van der Waals surface area contributed by atoms with Gasteiger partial charge in [-0.1, -0.05) is 6.07 Å². The van der Waals surface area contributed by atoms with Crippen LogP contribution in [0.4, 0.5) is 0 Å². The van der Waals surface area contributed by atoms with Crippen LogP contribution in [0.15, 0.2) is 23.2 Å². The van der Waals surface area contributed by atoms with E-state index in [4.69, 9.17) is 15.2 Å². The molecule has 0 amide bonds. The molecule has 1 aromatic rings. The number of ether oxygens (including phenoxy) is 2. The van der Waals surface area contributed by atoms with Crippen LogP contribution in [0.3, 0.4) is 0 Å². The van der Waals surface area contributed by atoms with Gasteiger partial charge in [-0.05, 0) is 6.07 Å². The van der Waals surface area contributed by atoms with Gasteiger partial charge in [-0.25, -0.2) is 0 Å². The van der Waals surface area contributed by atoms with Gasteiger partial charge in [-0.3, -0.25) is 4.99 Å². The maximum absolute atomic E-state index is 5.58. The van der Waals surface area contributed by atoms with Crippen molar-refractivity contribution in [3.05, 3.63) is 23.8 Å². The van der Waals surface area contributed by atoms with E-state index in [0.717, 1.165) is 23.6 Å². The Morgan fingerprint density at radius 1 is 1.35 bits per heavy atom. The molecule has 1 heterocycles. The summed E-state index contributed by atoms with van der Waals surface area (Å²) in [6.45, 7) is 1.46. The molecule has 3 N–H and O–H groups in total. The van der Waals surface area contributed by atoms with Crippen LogP contribution in [0.5, 0.6) is 11.5 Å². The minimum atomic E-state index is 0.281. The Hall–Kier alpha value is -1.91. The highest BCUT2D eigenvalue weighted by atomic mass is 16.5. The smallest absolute Gasteiger partial charge is 0.188 e. The second kappa shape index (κ2) is 4.95. The molecule has 1 unspecified atom stereocenters. The van der Waals surface area contributed by atoms with Crippen LogP contribution in [0.1, 0.15) is 11.5 Å². The lowest BCUT2D eigenvalue weighted by Gasteiger charge is -2.23. The highest BCUT2D eigenvalue weighted by Crippen LogP contribution is 2.31. The predicted molar refractivity (Wildman–Crippen MR) is 66.8 cm³/mol. The first-order chi connectivity index (χ1) is 8.24. The molecule has 0 fully saturated rings. The van der Waals surface area contributed by atoms with Gasteiger partial charge < -0.3 is 20.5 Å². The molecule has 1 aliphatic heterocycles. The lowest BCUT2D eigenvalue weighted by Crippen LogP contribution is -2.39. The van der Waals surface area contributed by atoms with Gasteiger partial charge in [0.1, 0.15) is 11.5 Å². The van der Waals surface area contributed by atoms with E-state index in [1.54, 1.807) is 14.2 Å². The van der Waals surface area contributed by atoms with Crippen molar-refractivity contribution in [2.24, 2.45) is 10.7 Å². The van der Waals surface area contributed by atoms with Crippen LogP contribution < -0.4 is 20.5 Å². The zero-order valence-corrected chi connectivity index (χ0v) is 10.1. The van der Waals surface area contributed by atoms with Crippen LogP contribution >= 0.6 is 0 Å². The van der Waals surface area contributed by atoms with E-state index in [-0.39, 0.29) is 5.92 Å². The Bertz CT molecular complexity index is 432. The number of rotatable bonds is 3. The lowest BCUT2D eigenvalue weighted by molar-refractivity contribution is 0.387. The molecule has 2 rings (SSSR count). The third-order valence-corrected chi connectivity index (χ3v) is 2.89. The Morgan fingerprint density at radius 2 is 2.18 bits per heavy atom. The number of nitrogens with two attached hydrogens (primary N) is 1. The maximum Gasteiger partial charge on any atom is 0.188 e. The molecule has 1 atom stereocenters. The Kier molecular flexibility index (Phi) is 3.37. The molecule has 0 saturated carbocycles. The Balaban J connectivity index is 2.26. The number of guanidine groups is 1. The summed E-state index contributed by atoms with van der Waals surface area (Å²) in [6.07, 6.45) is 0.